The molecular formula is C28H22FN3O. The number of nitrogens with one attached hydrogen (secondary N) is 3. The Morgan fingerprint density at radius 3 is 2.61 bits per heavy atom. The van der Waals surface area contributed by atoms with Crippen LogP contribution in [0.1, 0.15) is 34.5 Å². The topological polar surface area (TPSA) is 56.9 Å². The van der Waals surface area contributed by atoms with E-state index in [-0.39, 0.29) is 17.5 Å². The van der Waals surface area contributed by atoms with Crippen LogP contribution in [-0.2, 0) is 6.54 Å². The van der Waals surface area contributed by atoms with E-state index in [0.29, 0.717) is 12.1 Å². The highest BCUT2D eigenvalue weighted by Gasteiger charge is 2.24. The Kier molecular flexibility index (Phi) is 4.44. The number of anilines is 1. The summed E-state index contributed by atoms with van der Waals surface area (Å²) in [5.41, 5.74) is 6.88. The van der Waals surface area contributed by atoms with Crippen molar-refractivity contribution in [2.75, 3.05) is 5.32 Å². The molecule has 0 spiro atoms. The van der Waals surface area contributed by atoms with Crippen LogP contribution in [0.2, 0.25) is 0 Å². The summed E-state index contributed by atoms with van der Waals surface area (Å²) < 4.78 is 14.6. The summed E-state index contributed by atoms with van der Waals surface area (Å²) in [6, 6.07) is 26.2. The van der Waals surface area contributed by atoms with Gasteiger partial charge in [0.1, 0.15) is 5.82 Å². The Bertz CT molecular complexity index is 1540. The number of fused-ring (bicyclic) bond motifs is 4. The standard InChI is InChI=1S/C28H22FN3O/c1-16(17-6-3-2-4-7-17)31-25-9-5-8-21-22-13-18(10-11-24(22)32-27(21)25)19-12-20-15-30-28(33)26(20)23(29)14-19/h2-14,16,31-32H,15H2,1H3,(H,30,33). The first-order valence-corrected chi connectivity index (χ1v) is 11.1. The van der Waals surface area contributed by atoms with Gasteiger partial charge in [0.05, 0.1) is 16.8 Å². The Balaban J connectivity index is 1.42. The first kappa shape index (κ1) is 19.6. The van der Waals surface area contributed by atoms with Gasteiger partial charge in [-0.05, 0) is 59.5 Å². The van der Waals surface area contributed by atoms with Crippen molar-refractivity contribution in [1.29, 1.82) is 0 Å². The first-order valence-electron chi connectivity index (χ1n) is 11.1. The summed E-state index contributed by atoms with van der Waals surface area (Å²) in [7, 11) is 0. The van der Waals surface area contributed by atoms with E-state index in [1.807, 2.05) is 36.4 Å². The molecule has 4 aromatic carbocycles. The summed E-state index contributed by atoms with van der Waals surface area (Å²) in [6.07, 6.45) is 0. The van der Waals surface area contributed by atoms with E-state index in [0.717, 1.165) is 38.6 Å². The Labute approximate surface area is 190 Å². The number of carbonyl (C=O) groups is 1. The van der Waals surface area contributed by atoms with Gasteiger partial charge in [0.15, 0.2) is 0 Å². The molecule has 1 aromatic heterocycles. The maximum absolute atomic E-state index is 14.6. The van der Waals surface area contributed by atoms with E-state index in [1.165, 1.54) is 11.6 Å². The number of aromatic nitrogens is 1. The third-order valence-corrected chi connectivity index (χ3v) is 6.48. The van der Waals surface area contributed by atoms with Crippen molar-refractivity contribution in [3.8, 4) is 11.1 Å². The van der Waals surface area contributed by atoms with Gasteiger partial charge in [-0.3, -0.25) is 4.79 Å². The Morgan fingerprint density at radius 1 is 0.909 bits per heavy atom. The molecule has 33 heavy (non-hydrogen) atoms. The smallest absolute Gasteiger partial charge is 0.254 e. The van der Waals surface area contributed by atoms with E-state index in [1.54, 1.807) is 0 Å². The normalized spacial score (nSPS) is 13.8. The van der Waals surface area contributed by atoms with E-state index < -0.39 is 5.82 Å². The second kappa shape index (κ2) is 7.48. The van der Waals surface area contributed by atoms with E-state index in [2.05, 4.69) is 58.9 Å². The Morgan fingerprint density at radius 2 is 1.76 bits per heavy atom. The maximum atomic E-state index is 14.6. The summed E-state index contributed by atoms with van der Waals surface area (Å²) in [5.74, 6) is -0.816. The van der Waals surface area contributed by atoms with Gasteiger partial charge in [0.25, 0.3) is 5.91 Å². The molecule has 0 fully saturated rings. The summed E-state index contributed by atoms with van der Waals surface area (Å²) in [4.78, 5) is 15.4. The quantitative estimate of drug-likeness (QED) is 0.300. The van der Waals surface area contributed by atoms with Gasteiger partial charge in [-0.2, -0.15) is 0 Å². The monoisotopic (exact) mass is 435 g/mol. The molecule has 5 heteroatoms. The number of halogens is 1. The van der Waals surface area contributed by atoms with Crippen molar-refractivity contribution in [3.63, 3.8) is 0 Å². The summed E-state index contributed by atoms with van der Waals surface area (Å²) >= 11 is 0. The van der Waals surface area contributed by atoms with Crippen LogP contribution in [0.15, 0.2) is 78.9 Å². The lowest BCUT2D eigenvalue weighted by atomic mass is 9.98. The number of H-pyrrole nitrogens is 1. The molecular weight excluding hydrogens is 413 g/mol. The molecule has 0 saturated heterocycles. The molecule has 0 bridgehead atoms. The van der Waals surface area contributed by atoms with Gasteiger partial charge in [-0.1, -0.05) is 48.5 Å². The van der Waals surface area contributed by atoms with Crippen molar-refractivity contribution in [2.24, 2.45) is 0 Å². The third-order valence-electron chi connectivity index (χ3n) is 6.48. The van der Waals surface area contributed by atoms with Crippen molar-refractivity contribution in [3.05, 3.63) is 101 Å². The van der Waals surface area contributed by atoms with Gasteiger partial charge in [-0.15, -0.1) is 0 Å². The number of hydrogen-bond acceptors (Lipinski definition) is 2. The second-order valence-electron chi connectivity index (χ2n) is 8.57. The van der Waals surface area contributed by atoms with Crippen molar-refractivity contribution >= 4 is 33.4 Å². The fourth-order valence-corrected chi connectivity index (χ4v) is 4.77. The molecule has 6 rings (SSSR count). The molecule has 1 atom stereocenters. The van der Waals surface area contributed by atoms with Crippen molar-refractivity contribution < 1.29 is 9.18 Å². The van der Waals surface area contributed by atoms with E-state index in [9.17, 15) is 9.18 Å². The van der Waals surface area contributed by atoms with Crippen molar-refractivity contribution in [1.82, 2.24) is 10.3 Å². The third kappa shape index (κ3) is 3.24. The van der Waals surface area contributed by atoms with Gasteiger partial charge < -0.3 is 15.6 Å². The van der Waals surface area contributed by atoms with Gasteiger partial charge in [0.2, 0.25) is 0 Å². The van der Waals surface area contributed by atoms with E-state index in [4.69, 9.17) is 0 Å². The highest BCUT2D eigenvalue weighted by atomic mass is 19.1. The zero-order valence-corrected chi connectivity index (χ0v) is 18.1. The molecule has 5 aromatic rings. The number of amides is 1. The van der Waals surface area contributed by atoms with Crippen LogP contribution >= 0.6 is 0 Å². The highest BCUT2D eigenvalue weighted by molar-refractivity contribution is 6.12. The molecule has 1 aliphatic rings. The molecule has 1 amide bonds. The molecule has 1 aliphatic heterocycles. The van der Waals surface area contributed by atoms with Crippen LogP contribution in [0.25, 0.3) is 32.9 Å². The minimum Gasteiger partial charge on any atom is -0.377 e. The predicted molar refractivity (Wildman–Crippen MR) is 131 cm³/mol. The van der Waals surface area contributed by atoms with Crippen molar-refractivity contribution in [2.45, 2.75) is 19.5 Å². The lowest BCUT2D eigenvalue weighted by Gasteiger charge is -2.16. The van der Waals surface area contributed by atoms with Gasteiger partial charge >= 0.3 is 0 Å². The molecule has 2 heterocycles. The van der Waals surface area contributed by atoms with Crippen LogP contribution in [0, 0.1) is 5.82 Å². The number of para-hydroxylation sites is 1. The predicted octanol–water partition coefficient (Wildman–Crippen LogP) is 6.54. The van der Waals surface area contributed by atoms with Crippen LogP contribution in [0.3, 0.4) is 0 Å². The molecule has 3 N–H and O–H groups in total. The minimum absolute atomic E-state index is 0.157. The zero-order chi connectivity index (χ0) is 22.5. The largest absolute Gasteiger partial charge is 0.377 e. The minimum atomic E-state index is -0.474. The molecule has 0 saturated carbocycles. The first-order chi connectivity index (χ1) is 16.1. The average molecular weight is 436 g/mol. The number of rotatable bonds is 4. The number of benzene rings is 4. The summed E-state index contributed by atoms with van der Waals surface area (Å²) in [5, 5.41) is 8.51. The molecule has 162 valence electrons. The number of carbonyl (C=O) groups excluding carboxylic acids is 1. The number of hydrogen-bond donors (Lipinski definition) is 3. The second-order valence-corrected chi connectivity index (χ2v) is 8.57. The van der Waals surface area contributed by atoms with Crippen LogP contribution < -0.4 is 10.6 Å². The highest BCUT2D eigenvalue weighted by Crippen LogP contribution is 2.35. The number of aromatic amines is 1. The average Bonchev–Trinajstić information content (AvgIpc) is 3.40. The molecule has 0 radical (unpaired) electrons. The van der Waals surface area contributed by atoms with Crippen LogP contribution in [-0.4, -0.2) is 10.9 Å². The molecule has 0 aliphatic carbocycles. The fourth-order valence-electron chi connectivity index (χ4n) is 4.77. The molecule has 4 nitrogen and oxygen atoms in total. The zero-order valence-electron chi connectivity index (χ0n) is 18.1. The fraction of sp³-hybridized carbons (Fsp3) is 0.107. The van der Waals surface area contributed by atoms with Gasteiger partial charge in [0, 0.05) is 28.9 Å². The summed E-state index contributed by atoms with van der Waals surface area (Å²) in [6.45, 7) is 2.51. The van der Waals surface area contributed by atoms with Gasteiger partial charge in [-0.25, -0.2) is 4.39 Å². The molecule has 1 unspecified atom stereocenters. The van der Waals surface area contributed by atoms with Crippen LogP contribution in [0.4, 0.5) is 10.1 Å². The van der Waals surface area contributed by atoms with Crippen LogP contribution in [0.5, 0.6) is 0 Å². The Hall–Kier alpha value is -4.12. The lowest BCUT2D eigenvalue weighted by molar-refractivity contribution is 0.0962. The maximum Gasteiger partial charge on any atom is 0.254 e. The lowest BCUT2D eigenvalue weighted by Crippen LogP contribution is -2.13. The SMILES string of the molecule is CC(Nc1cccc2c1[nH]c1ccc(-c3cc(F)c4c(c3)CNC4=O)cc12)c1ccccc1. The van der Waals surface area contributed by atoms with E-state index >= 15 is 0 Å².